The van der Waals surface area contributed by atoms with Gasteiger partial charge in [0.25, 0.3) is 0 Å². The zero-order chi connectivity index (χ0) is 11.7. The van der Waals surface area contributed by atoms with Gasteiger partial charge in [-0.15, -0.1) is 0 Å². The summed E-state index contributed by atoms with van der Waals surface area (Å²) in [5.41, 5.74) is 1.94. The first-order chi connectivity index (χ1) is 7.61. The zero-order valence-electron chi connectivity index (χ0n) is 9.56. The summed E-state index contributed by atoms with van der Waals surface area (Å²) in [5, 5.41) is 7.08. The van der Waals surface area contributed by atoms with Crippen molar-refractivity contribution in [1.29, 1.82) is 0 Å². The third kappa shape index (κ3) is 1.78. The van der Waals surface area contributed by atoms with Gasteiger partial charge in [0, 0.05) is 12.1 Å². The molecule has 16 heavy (non-hydrogen) atoms. The van der Waals surface area contributed by atoms with Crippen molar-refractivity contribution in [3.05, 3.63) is 34.6 Å². The van der Waals surface area contributed by atoms with Crippen molar-refractivity contribution in [1.82, 2.24) is 19.7 Å². The molecule has 0 radical (unpaired) electrons. The van der Waals surface area contributed by atoms with Gasteiger partial charge < -0.3 is 0 Å². The van der Waals surface area contributed by atoms with E-state index in [4.69, 9.17) is 12.2 Å². The molecule has 0 spiro atoms. The lowest BCUT2D eigenvalue weighted by atomic mass is 10.2. The van der Waals surface area contributed by atoms with Gasteiger partial charge in [-0.3, -0.25) is 14.6 Å². The Morgan fingerprint density at radius 3 is 2.81 bits per heavy atom. The molecule has 0 aliphatic carbocycles. The quantitative estimate of drug-likeness (QED) is 0.813. The number of rotatable bonds is 2. The Hall–Kier alpha value is -1.49. The minimum absolute atomic E-state index is 0.313. The van der Waals surface area contributed by atoms with Crippen molar-refractivity contribution < 1.29 is 0 Å². The predicted octanol–water partition coefficient (Wildman–Crippen LogP) is 2.76. The average molecular weight is 234 g/mol. The van der Waals surface area contributed by atoms with E-state index in [1.165, 1.54) is 0 Å². The van der Waals surface area contributed by atoms with Gasteiger partial charge in [-0.05, 0) is 31.3 Å². The first-order valence-electron chi connectivity index (χ1n) is 5.20. The van der Waals surface area contributed by atoms with Gasteiger partial charge in [-0.1, -0.05) is 13.8 Å². The van der Waals surface area contributed by atoms with E-state index in [-0.39, 0.29) is 0 Å². The number of nitrogens with one attached hydrogen (secondary N) is 1. The number of H-pyrrole nitrogens is 1. The summed E-state index contributed by atoms with van der Waals surface area (Å²) in [4.78, 5) is 4.27. The van der Waals surface area contributed by atoms with Crippen molar-refractivity contribution >= 4 is 12.2 Å². The second-order valence-corrected chi connectivity index (χ2v) is 4.37. The molecule has 0 bridgehead atoms. The maximum Gasteiger partial charge on any atom is 0.199 e. The van der Waals surface area contributed by atoms with Crippen molar-refractivity contribution in [3.63, 3.8) is 0 Å². The predicted molar refractivity (Wildman–Crippen MR) is 65.4 cm³/mol. The first kappa shape index (κ1) is 11.0. The Morgan fingerprint density at radius 1 is 1.44 bits per heavy atom. The van der Waals surface area contributed by atoms with Gasteiger partial charge in [0.1, 0.15) is 5.82 Å². The fourth-order valence-corrected chi connectivity index (χ4v) is 1.88. The molecule has 0 unspecified atom stereocenters. The Labute approximate surface area is 99.4 Å². The molecular weight excluding hydrogens is 220 g/mol. The molecule has 0 saturated heterocycles. The number of aromatic nitrogens is 4. The highest BCUT2D eigenvalue weighted by molar-refractivity contribution is 7.71. The van der Waals surface area contributed by atoms with Crippen LogP contribution in [0.15, 0.2) is 18.3 Å². The Morgan fingerprint density at radius 2 is 2.19 bits per heavy atom. The summed E-state index contributed by atoms with van der Waals surface area (Å²) in [5.74, 6) is 1.24. The van der Waals surface area contributed by atoms with Crippen molar-refractivity contribution in [3.8, 4) is 5.69 Å². The third-order valence-corrected chi connectivity index (χ3v) is 2.71. The number of nitrogens with zero attached hydrogens (tertiary/aromatic N) is 3. The Kier molecular flexibility index (Phi) is 2.87. The van der Waals surface area contributed by atoms with Gasteiger partial charge in [0.2, 0.25) is 0 Å². The van der Waals surface area contributed by atoms with E-state index in [2.05, 4.69) is 29.0 Å². The summed E-state index contributed by atoms with van der Waals surface area (Å²) < 4.78 is 2.56. The summed E-state index contributed by atoms with van der Waals surface area (Å²) in [6.07, 6.45) is 1.78. The smallest absolute Gasteiger partial charge is 0.199 e. The van der Waals surface area contributed by atoms with Crippen LogP contribution in [0.3, 0.4) is 0 Å². The van der Waals surface area contributed by atoms with Crippen LogP contribution in [0.1, 0.15) is 31.3 Å². The molecule has 5 heteroatoms. The van der Waals surface area contributed by atoms with Crippen LogP contribution in [-0.2, 0) is 0 Å². The van der Waals surface area contributed by atoms with Gasteiger partial charge in [0.15, 0.2) is 4.77 Å². The summed E-state index contributed by atoms with van der Waals surface area (Å²) >= 11 is 5.25. The second-order valence-electron chi connectivity index (χ2n) is 3.99. The topological polar surface area (TPSA) is 46.5 Å². The summed E-state index contributed by atoms with van der Waals surface area (Å²) in [6.45, 7) is 6.15. The maximum absolute atomic E-state index is 5.25. The largest absolute Gasteiger partial charge is 0.270 e. The Bertz CT molecular complexity index is 553. The summed E-state index contributed by atoms with van der Waals surface area (Å²) in [7, 11) is 0. The first-order valence-corrected chi connectivity index (χ1v) is 5.61. The molecule has 0 atom stereocenters. The van der Waals surface area contributed by atoms with E-state index < -0.39 is 0 Å². The van der Waals surface area contributed by atoms with Gasteiger partial charge in [-0.25, -0.2) is 0 Å². The van der Waals surface area contributed by atoms with Crippen LogP contribution in [0.2, 0.25) is 0 Å². The molecule has 0 fully saturated rings. The normalized spacial score (nSPS) is 11.0. The molecule has 2 heterocycles. The number of hydrogen-bond donors (Lipinski definition) is 1. The van der Waals surface area contributed by atoms with Crippen LogP contribution in [-0.4, -0.2) is 19.7 Å². The lowest BCUT2D eigenvalue weighted by Gasteiger charge is -2.10. The lowest BCUT2D eigenvalue weighted by molar-refractivity contribution is 0.741. The van der Waals surface area contributed by atoms with Crippen LogP contribution < -0.4 is 0 Å². The van der Waals surface area contributed by atoms with Gasteiger partial charge in [0.05, 0.1) is 11.4 Å². The minimum Gasteiger partial charge on any atom is -0.270 e. The van der Waals surface area contributed by atoms with Gasteiger partial charge in [-0.2, -0.15) is 5.10 Å². The minimum atomic E-state index is 0.313. The average Bonchev–Trinajstić information content (AvgIpc) is 2.61. The molecule has 0 amide bonds. The lowest BCUT2D eigenvalue weighted by Crippen LogP contribution is -2.05. The van der Waals surface area contributed by atoms with Crippen molar-refractivity contribution in [2.24, 2.45) is 0 Å². The van der Waals surface area contributed by atoms with Gasteiger partial charge >= 0.3 is 0 Å². The monoisotopic (exact) mass is 234 g/mol. The Balaban J connectivity index is 2.69. The standard InChI is InChI=1S/C11H14N4S/c1-7(2)10-13-14-11(16)15(10)9-5-4-6-12-8(9)3/h4-7H,1-3H3,(H,14,16). The summed E-state index contributed by atoms with van der Waals surface area (Å²) in [6, 6.07) is 3.90. The van der Waals surface area contributed by atoms with Crippen LogP contribution in [0.25, 0.3) is 5.69 Å². The molecule has 4 nitrogen and oxygen atoms in total. The van der Waals surface area contributed by atoms with E-state index >= 15 is 0 Å². The van der Waals surface area contributed by atoms with Crippen molar-refractivity contribution in [2.45, 2.75) is 26.7 Å². The maximum atomic E-state index is 5.25. The second kappa shape index (κ2) is 4.17. The molecule has 0 saturated carbocycles. The number of hydrogen-bond acceptors (Lipinski definition) is 3. The fourth-order valence-electron chi connectivity index (χ4n) is 1.64. The highest BCUT2D eigenvalue weighted by Gasteiger charge is 2.13. The highest BCUT2D eigenvalue weighted by Crippen LogP contribution is 2.18. The van der Waals surface area contributed by atoms with Crippen LogP contribution in [0, 0.1) is 11.7 Å². The van der Waals surface area contributed by atoms with Crippen LogP contribution in [0.4, 0.5) is 0 Å². The molecule has 0 aromatic carbocycles. The SMILES string of the molecule is Cc1ncccc1-n1c(C(C)C)n[nH]c1=S. The van der Waals surface area contributed by atoms with E-state index in [9.17, 15) is 0 Å². The number of pyridine rings is 1. The number of aryl methyl sites for hydroxylation is 1. The van der Waals surface area contributed by atoms with E-state index in [0.29, 0.717) is 10.7 Å². The fraction of sp³-hybridized carbons (Fsp3) is 0.364. The third-order valence-electron chi connectivity index (χ3n) is 2.43. The molecule has 84 valence electrons. The number of aromatic amines is 1. The molecule has 0 aliphatic heterocycles. The zero-order valence-corrected chi connectivity index (χ0v) is 10.4. The van der Waals surface area contributed by atoms with Crippen LogP contribution in [0.5, 0.6) is 0 Å². The van der Waals surface area contributed by atoms with E-state index in [0.717, 1.165) is 17.2 Å². The molecule has 2 aromatic heterocycles. The van der Waals surface area contributed by atoms with E-state index in [1.807, 2.05) is 23.6 Å². The van der Waals surface area contributed by atoms with Crippen molar-refractivity contribution in [2.75, 3.05) is 0 Å². The molecule has 2 rings (SSSR count). The molecular formula is C11H14N4S. The van der Waals surface area contributed by atoms with Crippen LogP contribution >= 0.6 is 12.2 Å². The molecule has 1 N–H and O–H groups in total. The highest BCUT2D eigenvalue weighted by atomic mass is 32.1. The molecule has 0 aliphatic rings. The molecule has 2 aromatic rings. The van der Waals surface area contributed by atoms with E-state index in [1.54, 1.807) is 6.20 Å².